The normalized spacial score (nSPS) is 12.1. The lowest BCUT2D eigenvalue weighted by molar-refractivity contribution is 0.0693. The highest BCUT2D eigenvalue weighted by Gasteiger charge is 2.14. The molecule has 0 heterocycles. The van der Waals surface area contributed by atoms with Crippen LogP contribution in [0.15, 0.2) is 18.2 Å². The summed E-state index contributed by atoms with van der Waals surface area (Å²) in [6, 6.07) is 4.06. The number of rotatable bonds is 6. The number of carbonyl (C=O) groups is 1. The molecule has 0 spiro atoms. The Hall–Kier alpha value is -1.43. The summed E-state index contributed by atoms with van der Waals surface area (Å²) in [4.78, 5) is 10.9. The summed E-state index contributed by atoms with van der Waals surface area (Å²) in [5.41, 5.74) is -0.107. The molecule has 1 aromatic carbocycles. The van der Waals surface area contributed by atoms with Crippen LogP contribution < -0.4 is 5.32 Å². The van der Waals surface area contributed by atoms with Gasteiger partial charge in [0.1, 0.15) is 11.4 Å². The Kier molecular flexibility index (Phi) is 5.09. The van der Waals surface area contributed by atoms with E-state index < -0.39 is 22.6 Å². The number of hydrogen-bond donors (Lipinski definition) is 2. The van der Waals surface area contributed by atoms with Crippen LogP contribution in [0.3, 0.4) is 0 Å². The molecule has 0 fully saturated rings. The van der Waals surface area contributed by atoms with Crippen LogP contribution in [0.1, 0.15) is 16.8 Å². The lowest BCUT2D eigenvalue weighted by Crippen LogP contribution is -2.11. The summed E-state index contributed by atoms with van der Waals surface area (Å²) in [5.74, 6) is -1.53. The molecule has 1 aromatic rings. The van der Waals surface area contributed by atoms with Gasteiger partial charge in [0.25, 0.3) is 0 Å². The minimum Gasteiger partial charge on any atom is -0.478 e. The van der Waals surface area contributed by atoms with Crippen molar-refractivity contribution in [3.05, 3.63) is 29.6 Å². The van der Waals surface area contributed by atoms with Crippen molar-refractivity contribution in [1.29, 1.82) is 0 Å². The van der Waals surface area contributed by atoms with Gasteiger partial charge in [0, 0.05) is 29.4 Å². The maximum atomic E-state index is 13.3. The van der Waals surface area contributed by atoms with Crippen molar-refractivity contribution in [2.45, 2.75) is 6.42 Å². The van der Waals surface area contributed by atoms with E-state index in [2.05, 4.69) is 5.32 Å². The van der Waals surface area contributed by atoms with Gasteiger partial charge in [0.15, 0.2) is 0 Å². The Morgan fingerprint density at radius 2 is 2.24 bits per heavy atom. The number of aromatic carboxylic acids is 1. The molecule has 2 N–H and O–H groups in total. The first kappa shape index (κ1) is 13.6. The van der Waals surface area contributed by atoms with Gasteiger partial charge in [0.05, 0.1) is 5.69 Å². The van der Waals surface area contributed by atoms with Crippen molar-refractivity contribution in [2.24, 2.45) is 0 Å². The van der Waals surface area contributed by atoms with Gasteiger partial charge in [-0.3, -0.25) is 4.21 Å². The molecule has 4 nitrogen and oxygen atoms in total. The van der Waals surface area contributed by atoms with Crippen molar-refractivity contribution in [3.8, 4) is 0 Å². The lowest BCUT2D eigenvalue weighted by atomic mass is 10.1. The summed E-state index contributed by atoms with van der Waals surface area (Å²) >= 11 is 0. The molecule has 0 aliphatic heterocycles. The van der Waals surface area contributed by atoms with Crippen LogP contribution in [0.4, 0.5) is 10.1 Å². The van der Waals surface area contributed by atoms with Crippen LogP contribution in [-0.2, 0) is 10.8 Å². The molecule has 0 saturated heterocycles. The molecule has 94 valence electrons. The molecule has 0 aliphatic rings. The second kappa shape index (κ2) is 6.34. The number of nitrogens with one attached hydrogen (secondary N) is 1. The summed E-state index contributed by atoms with van der Waals surface area (Å²) < 4.78 is 24.1. The molecule has 6 heteroatoms. The minimum absolute atomic E-state index is 0.249. The van der Waals surface area contributed by atoms with Crippen molar-refractivity contribution in [3.63, 3.8) is 0 Å². The van der Waals surface area contributed by atoms with Crippen LogP contribution in [0.25, 0.3) is 0 Å². The van der Waals surface area contributed by atoms with E-state index in [4.69, 9.17) is 5.11 Å². The Balaban J connectivity index is 2.67. The number of carboxylic acids is 1. The first-order valence-corrected chi connectivity index (χ1v) is 6.81. The molecular weight excluding hydrogens is 245 g/mol. The quantitative estimate of drug-likeness (QED) is 0.763. The summed E-state index contributed by atoms with van der Waals surface area (Å²) in [6.45, 7) is 0.462. The first-order valence-electron chi connectivity index (χ1n) is 5.08. The topological polar surface area (TPSA) is 66.4 Å². The fraction of sp³-hybridized carbons (Fsp3) is 0.364. The number of anilines is 1. The molecule has 0 amide bonds. The molecule has 17 heavy (non-hydrogen) atoms. The van der Waals surface area contributed by atoms with Crippen LogP contribution in [0.2, 0.25) is 0 Å². The third-order valence-corrected chi connectivity index (χ3v) is 3.02. The van der Waals surface area contributed by atoms with Gasteiger partial charge in [-0.2, -0.15) is 0 Å². The molecule has 0 saturated carbocycles. The third-order valence-electron chi connectivity index (χ3n) is 2.15. The maximum absolute atomic E-state index is 13.3. The Morgan fingerprint density at radius 3 is 2.82 bits per heavy atom. The first-order chi connectivity index (χ1) is 8.02. The predicted molar refractivity (Wildman–Crippen MR) is 65.4 cm³/mol. The summed E-state index contributed by atoms with van der Waals surface area (Å²) in [7, 11) is -0.872. The highest BCUT2D eigenvalue weighted by atomic mass is 32.2. The molecule has 0 radical (unpaired) electrons. The van der Waals surface area contributed by atoms with Crippen LogP contribution in [0, 0.1) is 5.82 Å². The molecule has 0 aromatic heterocycles. The Morgan fingerprint density at radius 1 is 1.53 bits per heavy atom. The number of carboxylic acid groups (broad SMARTS) is 1. The van der Waals surface area contributed by atoms with E-state index >= 15 is 0 Å². The van der Waals surface area contributed by atoms with Crippen molar-refractivity contribution < 1.29 is 18.5 Å². The van der Waals surface area contributed by atoms with Gasteiger partial charge in [-0.15, -0.1) is 0 Å². The molecule has 0 bridgehead atoms. The predicted octanol–water partition coefficient (Wildman–Crippen LogP) is 1.70. The Bertz CT molecular complexity index is 437. The lowest BCUT2D eigenvalue weighted by Gasteiger charge is -2.09. The van der Waals surface area contributed by atoms with Crippen molar-refractivity contribution >= 4 is 22.5 Å². The largest absolute Gasteiger partial charge is 0.478 e. The second-order valence-electron chi connectivity index (χ2n) is 3.53. The fourth-order valence-corrected chi connectivity index (χ4v) is 1.94. The van der Waals surface area contributed by atoms with Crippen LogP contribution >= 0.6 is 0 Å². The average Bonchev–Trinajstić information content (AvgIpc) is 2.23. The smallest absolute Gasteiger partial charge is 0.340 e. The van der Waals surface area contributed by atoms with E-state index in [1.165, 1.54) is 12.1 Å². The van der Waals surface area contributed by atoms with Crippen LogP contribution in [0.5, 0.6) is 0 Å². The fourth-order valence-electron chi connectivity index (χ4n) is 1.39. The molecule has 1 rings (SSSR count). The minimum atomic E-state index is -1.30. The number of benzene rings is 1. The second-order valence-corrected chi connectivity index (χ2v) is 5.08. The summed E-state index contributed by atoms with van der Waals surface area (Å²) in [6.07, 6.45) is 2.24. The van der Waals surface area contributed by atoms with E-state index in [9.17, 15) is 13.4 Å². The van der Waals surface area contributed by atoms with E-state index in [1.807, 2.05) is 0 Å². The SMILES string of the molecule is CS(=O)CCCNc1cccc(F)c1C(=O)O. The van der Waals surface area contributed by atoms with Gasteiger partial charge >= 0.3 is 5.97 Å². The molecule has 1 atom stereocenters. The monoisotopic (exact) mass is 259 g/mol. The van der Waals surface area contributed by atoms with Gasteiger partial charge in [-0.1, -0.05) is 6.07 Å². The average molecular weight is 259 g/mol. The maximum Gasteiger partial charge on any atom is 0.340 e. The third kappa shape index (κ3) is 4.14. The number of hydrogen-bond acceptors (Lipinski definition) is 3. The summed E-state index contributed by atoms with van der Waals surface area (Å²) in [5, 5.41) is 11.7. The van der Waals surface area contributed by atoms with Gasteiger partial charge in [-0.05, 0) is 18.6 Å². The van der Waals surface area contributed by atoms with E-state index in [1.54, 1.807) is 6.26 Å². The zero-order valence-corrected chi connectivity index (χ0v) is 10.2. The zero-order chi connectivity index (χ0) is 12.8. The van der Waals surface area contributed by atoms with Gasteiger partial charge < -0.3 is 10.4 Å². The molecular formula is C11H14FNO3S. The highest BCUT2D eigenvalue weighted by Crippen LogP contribution is 2.18. The van der Waals surface area contributed by atoms with Crippen LogP contribution in [-0.4, -0.2) is 33.8 Å². The number of halogens is 1. The van der Waals surface area contributed by atoms with Crippen molar-refractivity contribution in [2.75, 3.05) is 23.9 Å². The standard InChI is InChI=1S/C11H14FNO3S/c1-17(16)7-3-6-13-9-5-2-4-8(12)10(9)11(14)15/h2,4-5,13H,3,6-7H2,1H3,(H,14,15). The molecule has 1 unspecified atom stereocenters. The Labute approximate surface area is 101 Å². The molecule has 0 aliphatic carbocycles. The van der Waals surface area contributed by atoms with E-state index in [-0.39, 0.29) is 11.3 Å². The van der Waals surface area contributed by atoms with Crippen molar-refractivity contribution in [1.82, 2.24) is 0 Å². The highest BCUT2D eigenvalue weighted by molar-refractivity contribution is 7.84. The van der Waals surface area contributed by atoms with E-state index in [0.717, 1.165) is 6.07 Å². The zero-order valence-electron chi connectivity index (χ0n) is 9.40. The van der Waals surface area contributed by atoms with E-state index in [0.29, 0.717) is 18.7 Å². The van der Waals surface area contributed by atoms with Gasteiger partial charge in [0.2, 0.25) is 0 Å². The van der Waals surface area contributed by atoms with Gasteiger partial charge in [-0.25, -0.2) is 9.18 Å².